The Morgan fingerprint density at radius 3 is 2.22 bits per heavy atom. The molecule has 2 atom stereocenters. The lowest BCUT2D eigenvalue weighted by Crippen LogP contribution is -2.46. The summed E-state index contributed by atoms with van der Waals surface area (Å²) in [5.74, 6) is -1.30. The first-order valence-corrected chi connectivity index (χ1v) is 5.60. The van der Waals surface area contributed by atoms with E-state index in [-0.39, 0.29) is 0 Å². The number of carboxylic acid groups (broad SMARTS) is 1. The van der Waals surface area contributed by atoms with E-state index in [0.29, 0.717) is 10.1 Å². The van der Waals surface area contributed by atoms with Crippen LogP contribution in [0.3, 0.4) is 0 Å². The zero-order valence-electron chi connectivity index (χ0n) is 10.2. The molecule has 0 bridgehead atoms. The molecule has 1 aliphatic rings. The highest BCUT2D eigenvalue weighted by Crippen LogP contribution is 2.42. The molecule has 0 amide bonds. The average Bonchev–Trinajstić information content (AvgIpc) is 2.46. The number of hydroxylamine groups is 4. The van der Waals surface area contributed by atoms with Crippen molar-refractivity contribution in [2.24, 2.45) is 0 Å². The second kappa shape index (κ2) is 4.33. The van der Waals surface area contributed by atoms with Crippen molar-refractivity contribution >= 4 is 5.97 Å². The Kier molecular flexibility index (Phi) is 3.12. The van der Waals surface area contributed by atoms with Crippen LogP contribution in [0.2, 0.25) is 0 Å². The van der Waals surface area contributed by atoms with E-state index in [1.54, 1.807) is 38.1 Å². The third kappa shape index (κ3) is 1.79. The van der Waals surface area contributed by atoms with Gasteiger partial charge >= 0.3 is 5.97 Å². The Morgan fingerprint density at radius 2 is 1.78 bits per heavy atom. The average molecular weight is 252 g/mol. The van der Waals surface area contributed by atoms with Gasteiger partial charge in [-0.05, 0) is 19.4 Å². The molecule has 1 fully saturated rings. The molecule has 0 radical (unpaired) electrons. The molecule has 1 aromatic carbocycles. The van der Waals surface area contributed by atoms with Crippen molar-refractivity contribution < 1.29 is 20.3 Å². The summed E-state index contributed by atoms with van der Waals surface area (Å²) in [4.78, 5) is 11.1. The molecule has 1 aliphatic heterocycles. The van der Waals surface area contributed by atoms with Gasteiger partial charge in [-0.1, -0.05) is 30.3 Å². The minimum Gasteiger partial charge on any atom is -0.479 e. The summed E-state index contributed by atoms with van der Waals surface area (Å²) in [7, 11) is 0. The summed E-state index contributed by atoms with van der Waals surface area (Å²) in [6.45, 7) is 3.35. The molecule has 2 unspecified atom stereocenters. The van der Waals surface area contributed by atoms with Crippen molar-refractivity contribution in [3.63, 3.8) is 0 Å². The van der Waals surface area contributed by atoms with Gasteiger partial charge < -0.3 is 15.5 Å². The summed E-state index contributed by atoms with van der Waals surface area (Å²) in [6.07, 6.45) is -1.47. The molecule has 2 rings (SSSR count). The Bertz CT molecular complexity index is 449. The molecular weight excluding hydrogens is 236 g/mol. The molecule has 98 valence electrons. The van der Waals surface area contributed by atoms with Crippen LogP contribution in [0, 0.1) is 0 Å². The lowest BCUT2D eigenvalue weighted by atomic mass is 9.90. The minimum atomic E-state index is -1.47. The predicted octanol–water partition coefficient (Wildman–Crippen LogP) is 1.31. The van der Waals surface area contributed by atoms with Crippen molar-refractivity contribution in [3.8, 4) is 0 Å². The summed E-state index contributed by atoms with van der Waals surface area (Å²) in [6, 6.07) is 8.38. The van der Waals surface area contributed by atoms with Crippen LogP contribution in [0.4, 0.5) is 0 Å². The normalized spacial score (nSPS) is 28.4. The fourth-order valence-corrected chi connectivity index (χ4v) is 2.43. The maximum atomic E-state index is 11.1. The van der Waals surface area contributed by atoms with Crippen LogP contribution >= 0.6 is 0 Å². The highest BCUT2D eigenvalue weighted by molar-refractivity contribution is 5.73. The summed E-state index contributed by atoms with van der Waals surface area (Å²) in [5, 5.41) is 30.4. The molecule has 1 heterocycles. The number of benzene rings is 1. The van der Waals surface area contributed by atoms with Crippen molar-refractivity contribution in [3.05, 3.63) is 35.9 Å². The highest BCUT2D eigenvalue weighted by atomic mass is 16.6. The zero-order chi connectivity index (χ0) is 13.5. The van der Waals surface area contributed by atoms with Gasteiger partial charge in [0, 0.05) is 0 Å². The van der Waals surface area contributed by atoms with Gasteiger partial charge in [-0.2, -0.15) is 10.1 Å². The van der Waals surface area contributed by atoms with E-state index in [9.17, 15) is 15.2 Å². The van der Waals surface area contributed by atoms with E-state index in [1.165, 1.54) is 0 Å². The largest absolute Gasteiger partial charge is 0.479 e. The van der Waals surface area contributed by atoms with Gasteiger partial charge in [-0.15, -0.1) is 0 Å². The second-order valence-electron chi connectivity index (χ2n) is 4.90. The molecular formula is C12H16N2O4. The van der Waals surface area contributed by atoms with E-state index >= 15 is 0 Å². The Morgan fingerprint density at radius 1 is 1.22 bits per heavy atom. The number of nitrogens with zero attached hydrogens (tertiary/aromatic N) is 2. The number of carboxylic acids is 1. The lowest BCUT2D eigenvalue weighted by molar-refractivity contribution is -0.224. The second-order valence-corrected chi connectivity index (χ2v) is 4.90. The van der Waals surface area contributed by atoms with Crippen LogP contribution in [0.5, 0.6) is 0 Å². The van der Waals surface area contributed by atoms with Gasteiger partial charge in [-0.25, -0.2) is 4.79 Å². The first-order chi connectivity index (χ1) is 8.37. The maximum Gasteiger partial charge on any atom is 0.340 e. The lowest BCUT2D eigenvalue weighted by Gasteiger charge is -2.31. The van der Waals surface area contributed by atoms with Gasteiger partial charge in [0.25, 0.3) is 0 Å². The smallest absolute Gasteiger partial charge is 0.340 e. The Hall–Kier alpha value is -1.47. The first-order valence-electron chi connectivity index (χ1n) is 5.60. The van der Waals surface area contributed by atoms with Crippen molar-refractivity contribution in [1.82, 2.24) is 10.1 Å². The molecule has 0 aliphatic carbocycles. The van der Waals surface area contributed by atoms with Crippen LogP contribution < -0.4 is 0 Å². The Balaban J connectivity index is 2.45. The van der Waals surface area contributed by atoms with E-state index < -0.39 is 23.7 Å². The highest BCUT2D eigenvalue weighted by Gasteiger charge is 2.55. The van der Waals surface area contributed by atoms with Gasteiger partial charge in [-0.3, -0.25) is 0 Å². The summed E-state index contributed by atoms with van der Waals surface area (Å²) in [5.41, 5.74) is -0.174. The van der Waals surface area contributed by atoms with Crippen molar-refractivity contribution in [2.75, 3.05) is 0 Å². The molecule has 18 heavy (non-hydrogen) atoms. The summed E-state index contributed by atoms with van der Waals surface area (Å²) < 4.78 is 0. The van der Waals surface area contributed by atoms with E-state index in [1.807, 2.05) is 6.07 Å². The van der Waals surface area contributed by atoms with Crippen LogP contribution in [-0.2, 0) is 4.79 Å². The van der Waals surface area contributed by atoms with Crippen molar-refractivity contribution in [1.29, 1.82) is 0 Å². The minimum absolute atomic E-state index is 0.621. The topological polar surface area (TPSA) is 84.2 Å². The first kappa shape index (κ1) is 13.0. The third-order valence-electron chi connectivity index (χ3n) is 3.34. The number of rotatable bonds is 2. The zero-order valence-corrected chi connectivity index (χ0v) is 10.2. The fourth-order valence-electron chi connectivity index (χ4n) is 2.43. The molecule has 6 nitrogen and oxygen atoms in total. The standard InChI is InChI=1S/C12H16N2O4/c1-12(2)9(8-6-4-3-5-7-8)13(17)10(11(15)16)14(12)18/h3-7,9-10,17-18H,1-2H3,(H,15,16). The Labute approximate surface area is 105 Å². The molecule has 3 N–H and O–H groups in total. The van der Waals surface area contributed by atoms with Crippen LogP contribution in [0.15, 0.2) is 30.3 Å². The van der Waals surface area contributed by atoms with E-state index in [0.717, 1.165) is 5.56 Å². The SMILES string of the molecule is CC1(C)C(c2ccccc2)N(O)C(C(=O)O)N1O. The van der Waals surface area contributed by atoms with E-state index in [2.05, 4.69) is 0 Å². The monoisotopic (exact) mass is 252 g/mol. The number of carbonyl (C=O) groups is 1. The number of aliphatic carboxylic acids is 1. The molecule has 0 saturated carbocycles. The quantitative estimate of drug-likeness (QED) is 0.736. The molecule has 1 aromatic rings. The maximum absolute atomic E-state index is 11.1. The third-order valence-corrected chi connectivity index (χ3v) is 3.34. The number of hydrogen-bond donors (Lipinski definition) is 3. The van der Waals surface area contributed by atoms with Gasteiger partial charge in [0.1, 0.15) is 0 Å². The molecule has 0 spiro atoms. The fraction of sp³-hybridized carbons (Fsp3) is 0.417. The molecule has 0 aromatic heterocycles. The van der Waals surface area contributed by atoms with Gasteiger partial charge in [0.05, 0.1) is 11.6 Å². The van der Waals surface area contributed by atoms with Gasteiger partial charge in [0.2, 0.25) is 6.17 Å². The molecule has 6 heteroatoms. The van der Waals surface area contributed by atoms with Crippen LogP contribution in [0.25, 0.3) is 0 Å². The number of hydrogen-bond acceptors (Lipinski definition) is 5. The predicted molar refractivity (Wildman–Crippen MR) is 61.9 cm³/mol. The molecule has 1 saturated heterocycles. The van der Waals surface area contributed by atoms with Gasteiger partial charge in [0.15, 0.2) is 0 Å². The van der Waals surface area contributed by atoms with Crippen LogP contribution in [0.1, 0.15) is 25.5 Å². The summed E-state index contributed by atoms with van der Waals surface area (Å²) >= 11 is 0. The van der Waals surface area contributed by atoms with E-state index in [4.69, 9.17) is 5.11 Å². The van der Waals surface area contributed by atoms with Crippen LogP contribution in [-0.4, -0.2) is 43.3 Å². The van der Waals surface area contributed by atoms with Crippen molar-refractivity contribution in [2.45, 2.75) is 31.6 Å².